The number of aryl methyl sites for hydroxylation is 4. The van der Waals surface area contributed by atoms with Crippen molar-refractivity contribution in [2.24, 2.45) is 0 Å². The van der Waals surface area contributed by atoms with Gasteiger partial charge in [-0.3, -0.25) is 0 Å². The lowest BCUT2D eigenvalue weighted by Crippen LogP contribution is -1.84. The Hall–Kier alpha value is -6.24. The van der Waals surface area contributed by atoms with Gasteiger partial charge in [0.05, 0.1) is 0 Å². The highest BCUT2D eigenvalue weighted by molar-refractivity contribution is 5.80. The quantitative estimate of drug-likeness (QED) is 0.143. The second-order valence-electron chi connectivity index (χ2n) is 15.9. The smallest absolute Gasteiger partial charge is 0.00108 e. The van der Waals surface area contributed by atoms with Crippen LogP contribution in [0.4, 0.5) is 0 Å². The molecule has 0 N–H and O–H groups in total. The summed E-state index contributed by atoms with van der Waals surface area (Å²) in [6.45, 7) is 24.7. The summed E-state index contributed by atoms with van der Waals surface area (Å²) in [5.41, 5.74) is 28.8. The Kier molecular flexibility index (Phi) is 18.3. The minimum Gasteiger partial charge on any atom is -0.0683 e. The number of hydrogen-bond donors (Lipinski definition) is 0. The molecule has 12 rings (SSSR count). The Labute approximate surface area is 388 Å². The second kappa shape index (κ2) is 24.0. The van der Waals surface area contributed by atoms with Gasteiger partial charge in [-0.15, -0.1) is 0 Å². The molecule has 0 spiro atoms. The van der Waals surface area contributed by atoms with Gasteiger partial charge in [0.25, 0.3) is 0 Å². The normalized spacial score (nSPS) is 11.2. The van der Waals surface area contributed by atoms with E-state index in [1.165, 1.54) is 111 Å². The fourth-order valence-corrected chi connectivity index (χ4v) is 9.21. The van der Waals surface area contributed by atoms with Crippen LogP contribution in [0.2, 0.25) is 0 Å². The van der Waals surface area contributed by atoms with E-state index >= 15 is 0 Å². The van der Waals surface area contributed by atoms with Crippen molar-refractivity contribution in [3.05, 3.63) is 237 Å². The van der Waals surface area contributed by atoms with Crippen LogP contribution in [0.15, 0.2) is 170 Å². The summed E-state index contributed by atoms with van der Waals surface area (Å²) < 4.78 is 0. The molecule has 0 heterocycles. The van der Waals surface area contributed by atoms with Crippen LogP contribution < -0.4 is 0 Å². The Balaban J connectivity index is 0.000000152. The first-order valence-corrected chi connectivity index (χ1v) is 24.1. The Bertz CT molecular complexity index is 2730. The van der Waals surface area contributed by atoms with E-state index in [1.54, 1.807) is 0 Å². The van der Waals surface area contributed by atoms with Crippen molar-refractivity contribution >= 4 is 0 Å². The Morgan fingerprint density at radius 3 is 1.25 bits per heavy atom. The summed E-state index contributed by atoms with van der Waals surface area (Å²) >= 11 is 0. The maximum atomic E-state index is 2.30. The molecule has 0 saturated heterocycles. The average molecular weight is 841 g/mol. The van der Waals surface area contributed by atoms with Crippen LogP contribution in [0.3, 0.4) is 0 Å². The van der Waals surface area contributed by atoms with Gasteiger partial charge in [-0.2, -0.15) is 0 Å². The van der Waals surface area contributed by atoms with Gasteiger partial charge in [-0.05, 0) is 154 Å². The van der Waals surface area contributed by atoms with Gasteiger partial charge in [0.15, 0.2) is 0 Å². The van der Waals surface area contributed by atoms with Gasteiger partial charge in [0.1, 0.15) is 0 Å². The maximum absolute atomic E-state index is 2.30. The van der Waals surface area contributed by atoms with E-state index in [0.29, 0.717) is 0 Å². The molecule has 8 aromatic carbocycles. The Morgan fingerprint density at radius 2 is 0.625 bits per heavy atom. The van der Waals surface area contributed by atoms with E-state index in [0.717, 1.165) is 25.7 Å². The summed E-state index contributed by atoms with van der Waals surface area (Å²) in [5, 5.41) is 0. The van der Waals surface area contributed by atoms with Crippen molar-refractivity contribution in [2.45, 2.75) is 109 Å². The van der Waals surface area contributed by atoms with Gasteiger partial charge in [-0.25, -0.2) is 0 Å². The molecule has 0 radical (unpaired) electrons. The van der Waals surface area contributed by atoms with Crippen LogP contribution in [0, 0.1) is 27.7 Å². The molecule has 0 nitrogen and oxygen atoms in total. The third-order valence-electron chi connectivity index (χ3n) is 12.0. The zero-order chi connectivity index (χ0) is 46.2. The molecule has 328 valence electrons. The molecule has 0 heteroatoms. The van der Waals surface area contributed by atoms with Crippen molar-refractivity contribution in [1.29, 1.82) is 0 Å². The standard InChI is InChI=1S/4C14H12.4C2H6/c1-10-5-4-7-12-9-11-6-2-3-8-13(11)14(10)12;1-10-5-4-8-13-12-7-3-2-6-11(12)9-14(10)13;1-10-6-7-14-12(8-10)9-11-4-2-3-5-13(11)14;1-10-6-7-12-9-11-4-2-3-5-13(11)14(12)8-10;4*1-2/h4*2-8H,9H2,1H3;4*1-2H3. The van der Waals surface area contributed by atoms with Gasteiger partial charge < -0.3 is 0 Å². The van der Waals surface area contributed by atoms with Crippen molar-refractivity contribution in [1.82, 2.24) is 0 Å². The first kappa shape index (κ1) is 48.8. The summed E-state index contributed by atoms with van der Waals surface area (Å²) in [5.74, 6) is 0. The first-order chi connectivity index (χ1) is 31.4. The molecule has 0 atom stereocenters. The van der Waals surface area contributed by atoms with Gasteiger partial charge in [0, 0.05) is 0 Å². The molecular formula is C64H72. The fourth-order valence-electron chi connectivity index (χ4n) is 9.21. The third kappa shape index (κ3) is 10.9. The highest BCUT2D eigenvalue weighted by atomic mass is 14.2. The molecule has 8 aromatic rings. The highest BCUT2D eigenvalue weighted by Gasteiger charge is 2.21. The number of fused-ring (bicyclic) bond motifs is 12. The third-order valence-corrected chi connectivity index (χ3v) is 12.0. The zero-order valence-corrected chi connectivity index (χ0v) is 41.0. The molecule has 0 bridgehead atoms. The summed E-state index contributed by atoms with van der Waals surface area (Å²) in [7, 11) is 0. The molecule has 0 fully saturated rings. The van der Waals surface area contributed by atoms with Gasteiger partial charge in [-0.1, -0.05) is 236 Å². The first-order valence-electron chi connectivity index (χ1n) is 24.1. The van der Waals surface area contributed by atoms with Crippen LogP contribution >= 0.6 is 0 Å². The maximum Gasteiger partial charge on any atom is -0.00108 e. The summed E-state index contributed by atoms with van der Waals surface area (Å²) in [6, 6.07) is 61.4. The monoisotopic (exact) mass is 841 g/mol. The minimum absolute atomic E-state index is 1.10. The molecule has 0 amide bonds. The van der Waals surface area contributed by atoms with Crippen molar-refractivity contribution in [3.63, 3.8) is 0 Å². The average Bonchev–Trinajstić information content (AvgIpc) is 4.13. The van der Waals surface area contributed by atoms with E-state index in [-0.39, 0.29) is 0 Å². The molecule has 64 heavy (non-hydrogen) atoms. The van der Waals surface area contributed by atoms with E-state index in [1.807, 2.05) is 55.4 Å². The van der Waals surface area contributed by atoms with Gasteiger partial charge in [0.2, 0.25) is 0 Å². The van der Waals surface area contributed by atoms with Crippen LogP contribution in [-0.2, 0) is 25.7 Å². The predicted octanol–water partition coefficient (Wildman–Crippen LogP) is 18.4. The summed E-state index contributed by atoms with van der Waals surface area (Å²) in [4.78, 5) is 0. The van der Waals surface area contributed by atoms with E-state index in [4.69, 9.17) is 0 Å². The van der Waals surface area contributed by atoms with Crippen molar-refractivity contribution in [3.8, 4) is 44.5 Å². The molecule has 4 aliphatic rings. The summed E-state index contributed by atoms with van der Waals surface area (Å²) in [6.07, 6.45) is 4.42. The number of rotatable bonds is 0. The zero-order valence-electron chi connectivity index (χ0n) is 41.0. The van der Waals surface area contributed by atoms with Crippen LogP contribution in [-0.4, -0.2) is 0 Å². The predicted molar refractivity (Wildman–Crippen MR) is 283 cm³/mol. The van der Waals surface area contributed by atoms with Gasteiger partial charge >= 0.3 is 0 Å². The molecule has 0 aliphatic heterocycles. The van der Waals surface area contributed by atoms with Crippen LogP contribution in [0.25, 0.3) is 44.5 Å². The lowest BCUT2D eigenvalue weighted by Gasteiger charge is -2.03. The Morgan fingerprint density at radius 1 is 0.250 bits per heavy atom. The SMILES string of the molecule is CC.CC.CC.CC.Cc1ccc2c(c1)-c1ccccc1C2.Cc1ccc2c(c1)Cc1ccccc1-2.Cc1cccc2c1-c1ccccc1C2.Cc1cccc2c1Cc1ccccc1-2. The fraction of sp³-hybridized carbons (Fsp3) is 0.250. The van der Waals surface area contributed by atoms with E-state index < -0.39 is 0 Å². The van der Waals surface area contributed by atoms with Crippen molar-refractivity contribution < 1.29 is 0 Å². The molecule has 0 unspecified atom stereocenters. The van der Waals surface area contributed by atoms with E-state index in [9.17, 15) is 0 Å². The second-order valence-corrected chi connectivity index (χ2v) is 15.9. The largest absolute Gasteiger partial charge is 0.0683 e. The molecule has 4 aliphatic carbocycles. The lowest BCUT2D eigenvalue weighted by molar-refractivity contribution is 1.22. The minimum atomic E-state index is 1.10. The highest BCUT2D eigenvalue weighted by Crippen LogP contribution is 2.40. The molecule has 0 aromatic heterocycles. The number of hydrogen-bond acceptors (Lipinski definition) is 0. The molecule has 0 saturated carbocycles. The van der Waals surface area contributed by atoms with Crippen LogP contribution in [0.1, 0.15) is 122 Å². The van der Waals surface area contributed by atoms with E-state index in [2.05, 4.69) is 198 Å². The van der Waals surface area contributed by atoms with Crippen molar-refractivity contribution in [2.75, 3.05) is 0 Å². The van der Waals surface area contributed by atoms with Crippen LogP contribution in [0.5, 0.6) is 0 Å². The number of benzene rings is 8. The lowest BCUT2D eigenvalue weighted by atomic mass is 10.0. The topological polar surface area (TPSA) is 0 Å². The molecular weight excluding hydrogens is 769 g/mol.